The molecule has 0 amide bonds. The van der Waals surface area contributed by atoms with Gasteiger partial charge in [-0.05, 0) is 60.5 Å². The first-order valence-corrected chi connectivity index (χ1v) is 9.56. The van der Waals surface area contributed by atoms with Crippen molar-refractivity contribution < 1.29 is 14.6 Å². The van der Waals surface area contributed by atoms with Gasteiger partial charge in [0.2, 0.25) is 0 Å². The van der Waals surface area contributed by atoms with Crippen molar-refractivity contribution in [3.8, 4) is 5.75 Å². The predicted octanol–water partition coefficient (Wildman–Crippen LogP) is 4.53. The van der Waals surface area contributed by atoms with E-state index in [4.69, 9.17) is 15.6 Å². The van der Waals surface area contributed by atoms with Crippen LogP contribution in [0.25, 0.3) is 0 Å². The highest BCUT2D eigenvalue weighted by molar-refractivity contribution is 5.73. The molecule has 3 N–H and O–H groups in total. The van der Waals surface area contributed by atoms with Crippen molar-refractivity contribution in [3.63, 3.8) is 0 Å². The predicted molar refractivity (Wildman–Crippen MR) is 101 cm³/mol. The van der Waals surface area contributed by atoms with Crippen LogP contribution in [0.1, 0.15) is 76.3 Å². The summed E-state index contributed by atoms with van der Waals surface area (Å²) in [5, 5.41) is 8.98. The summed E-state index contributed by atoms with van der Waals surface area (Å²) in [7, 11) is 0. The van der Waals surface area contributed by atoms with Crippen LogP contribution in [0.15, 0.2) is 18.2 Å². The van der Waals surface area contributed by atoms with Crippen molar-refractivity contribution in [3.05, 3.63) is 29.3 Å². The molecule has 0 spiro atoms. The maximum atomic E-state index is 10.9. The number of hydrogen-bond acceptors (Lipinski definition) is 3. The number of para-hydroxylation sites is 1. The van der Waals surface area contributed by atoms with E-state index in [-0.39, 0.29) is 5.92 Å². The number of benzene rings is 1. The second kappa shape index (κ2) is 8.70. The second-order valence-electron chi connectivity index (χ2n) is 7.88. The van der Waals surface area contributed by atoms with Gasteiger partial charge < -0.3 is 15.6 Å². The number of rotatable bonds is 10. The van der Waals surface area contributed by atoms with Crippen molar-refractivity contribution >= 4 is 5.97 Å². The molecular formula is C21H33NO3. The monoisotopic (exact) mass is 347 g/mol. The zero-order valence-corrected chi connectivity index (χ0v) is 16.0. The van der Waals surface area contributed by atoms with E-state index in [9.17, 15) is 4.79 Å². The second-order valence-corrected chi connectivity index (χ2v) is 7.88. The molecule has 1 aliphatic carbocycles. The smallest absolute Gasteiger partial charge is 0.320 e. The van der Waals surface area contributed by atoms with E-state index in [0.29, 0.717) is 18.4 Å². The highest BCUT2D eigenvalue weighted by Crippen LogP contribution is 2.46. The van der Waals surface area contributed by atoms with Gasteiger partial charge in [-0.15, -0.1) is 0 Å². The van der Waals surface area contributed by atoms with Gasteiger partial charge in [0, 0.05) is 0 Å². The first-order valence-electron chi connectivity index (χ1n) is 9.56. The Labute approximate surface area is 151 Å². The minimum Gasteiger partial charge on any atom is -0.493 e. The molecule has 0 saturated heterocycles. The molecule has 4 nitrogen and oxygen atoms in total. The zero-order valence-electron chi connectivity index (χ0n) is 16.0. The maximum Gasteiger partial charge on any atom is 0.320 e. The number of ether oxygens (including phenoxy) is 1. The SMILES string of the molecule is CC(C)c1cccc([C@H](C)C2CC2)c1OCCCC(C)[C@H](N)C(=O)O. The van der Waals surface area contributed by atoms with Crippen LogP contribution >= 0.6 is 0 Å². The standard InChI is InChI=1S/C21H33NO3/c1-13(2)17-8-5-9-18(15(4)16-10-11-16)20(17)25-12-6-7-14(3)19(22)21(23)24/h5,8-9,13-16,19H,6-7,10-12,22H2,1-4H3,(H,23,24)/t14?,15-,19+/m1/s1. The Balaban J connectivity index is 2.01. The summed E-state index contributed by atoms with van der Waals surface area (Å²) in [5.74, 6) is 1.81. The Morgan fingerprint density at radius 1 is 1.24 bits per heavy atom. The van der Waals surface area contributed by atoms with Gasteiger partial charge in [0.1, 0.15) is 11.8 Å². The number of aliphatic carboxylic acids is 1. The largest absolute Gasteiger partial charge is 0.493 e. The van der Waals surface area contributed by atoms with E-state index in [0.717, 1.165) is 24.5 Å². The third kappa shape index (κ3) is 5.21. The van der Waals surface area contributed by atoms with Crippen LogP contribution in [0, 0.1) is 11.8 Å². The average molecular weight is 347 g/mol. The summed E-state index contributed by atoms with van der Waals surface area (Å²) in [4.78, 5) is 10.9. The number of nitrogens with two attached hydrogens (primary N) is 1. The molecule has 25 heavy (non-hydrogen) atoms. The van der Waals surface area contributed by atoms with Crippen LogP contribution in [0.5, 0.6) is 5.75 Å². The van der Waals surface area contributed by atoms with Crippen molar-refractivity contribution in [2.24, 2.45) is 17.6 Å². The summed E-state index contributed by atoms with van der Waals surface area (Å²) in [5.41, 5.74) is 8.27. The van der Waals surface area contributed by atoms with E-state index in [1.165, 1.54) is 24.0 Å². The summed E-state index contributed by atoms with van der Waals surface area (Å²) in [6.45, 7) is 9.19. The van der Waals surface area contributed by atoms with Gasteiger partial charge in [-0.25, -0.2) is 0 Å². The fourth-order valence-corrected chi connectivity index (χ4v) is 3.41. The third-order valence-corrected chi connectivity index (χ3v) is 5.47. The maximum absolute atomic E-state index is 10.9. The van der Waals surface area contributed by atoms with Gasteiger partial charge in [-0.2, -0.15) is 0 Å². The van der Waals surface area contributed by atoms with Gasteiger partial charge in [-0.1, -0.05) is 45.9 Å². The molecule has 1 fully saturated rings. The van der Waals surface area contributed by atoms with Gasteiger partial charge in [0.25, 0.3) is 0 Å². The molecule has 1 aromatic carbocycles. The van der Waals surface area contributed by atoms with Crippen molar-refractivity contribution in [1.29, 1.82) is 0 Å². The van der Waals surface area contributed by atoms with E-state index < -0.39 is 12.0 Å². The number of carboxylic acids is 1. The summed E-state index contributed by atoms with van der Waals surface area (Å²) in [6, 6.07) is 5.71. The van der Waals surface area contributed by atoms with Crippen LogP contribution in [0.4, 0.5) is 0 Å². The summed E-state index contributed by atoms with van der Waals surface area (Å²) in [6.07, 6.45) is 4.20. The molecule has 0 radical (unpaired) electrons. The average Bonchev–Trinajstić information content (AvgIpc) is 3.41. The molecule has 0 heterocycles. The Kier molecular flexibility index (Phi) is 6.88. The van der Waals surface area contributed by atoms with Crippen LogP contribution < -0.4 is 10.5 Å². The molecule has 0 aliphatic heterocycles. The summed E-state index contributed by atoms with van der Waals surface area (Å²) >= 11 is 0. The molecule has 1 aliphatic rings. The Morgan fingerprint density at radius 3 is 2.44 bits per heavy atom. The lowest BCUT2D eigenvalue weighted by Gasteiger charge is -2.22. The van der Waals surface area contributed by atoms with Crippen LogP contribution in [-0.2, 0) is 4.79 Å². The quantitative estimate of drug-likeness (QED) is 0.610. The first-order chi connectivity index (χ1) is 11.8. The zero-order chi connectivity index (χ0) is 18.6. The molecule has 4 heteroatoms. The molecule has 3 atom stereocenters. The van der Waals surface area contributed by atoms with Gasteiger partial charge in [0.15, 0.2) is 0 Å². The van der Waals surface area contributed by atoms with Gasteiger partial charge >= 0.3 is 5.97 Å². The van der Waals surface area contributed by atoms with Gasteiger partial charge in [-0.3, -0.25) is 4.79 Å². The van der Waals surface area contributed by atoms with Crippen LogP contribution in [0.2, 0.25) is 0 Å². The highest BCUT2D eigenvalue weighted by atomic mass is 16.5. The Bertz CT molecular complexity index is 581. The fraction of sp³-hybridized carbons (Fsp3) is 0.667. The van der Waals surface area contributed by atoms with E-state index in [1.807, 2.05) is 6.92 Å². The molecule has 1 unspecified atom stereocenters. The van der Waals surface area contributed by atoms with E-state index in [1.54, 1.807) is 0 Å². The molecule has 0 bridgehead atoms. The molecular weight excluding hydrogens is 314 g/mol. The molecule has 1 saturated carbocycles. The molecule has 140 valence electrons. The molecule has 2 rings (SSSR count). The van der Waals surface area contributed by atoms with E-state index in [2.05, 4.69) is 39.0 Å². The van der Waals surface area contributed by atoms with Crippen molar-refractivity contribution in [1.82, 2.24) is 0 Å². The van der Waals surface area contributed by atoms with Crippen molar-refractivity contribution in [2.45, 2.75) is 71.3 Å². The minimum atomic E-state index is -0.931. The molecule has 1 aromatic rings. The highest BCUT2D eigenvalue weighted by Gasteiger charge is 2.31. The topological polar surface area (TPSA) is 72.5 Å². The van der Waals surface area contributed by atoms with E-state index >= 15 is 0 Å². The first kappa shape index (κ1) is 19.8. The third-order valence-electron chi connectivity index (χ3n) is 5.47. The Hall–Kier alpha value is -1.55. The van der Waals surface area contributed by atoms with Crippen LogP contribution in [-0.4, -0.2) is 23.7 Å². The van der Waals surface area contributed by atoms with Crippen LogP contribution in [0.3, 0.4) is 0 Å². The number of carboxylic acid groups (broad SMARTS) is 1. The fourth-order valence-electron chi connectivity index (χ4n) is 3.41. The van der Waals surface area contributed by atoms with Gasteiger partial charge in [0.05, 0.1) is 6.61 Å². The number of carbonyl (C=O) groups is 1. The lowest BCUT2D eigenvalue weighted by molar-refractivity contribution is -0.139. The Morgan fingerprint density at radius 2 is 1.88 bits per heavy atom. The normalized spacial score (nSPS) is 18.0. The summed E-state index contributed by atoms with van der Waals surface area (Å²) < 4.78 is 6.23. The number of hydrogen-bond donors (Lipinski definition) is 2. The molecule has 0 aromatic heterocycles. The lowest BCUT2D eigenvalue weighted by atomic mass is 9.90. The minimum absolute atomic E-state index is 0.0497. The van der Waals surface area contributed by atoms with Crippen molar-refractivity contribution in [2.75, 3.05) is 6.61 Å². The lowest BCUT2D eigenvalue weighted by Crippen LogP contribution is -2.36.